The lowest BCUT2D eigenvalue weighted by atomic mass is 10.1. The molecule has 0 atom stereocenters. The Hall–Kier alpha value is -13.9. The molecule has 3 aliphatic heterocycles. The third kappa shape index (κ3) is 21.4. The summed E-state index contributed by atoms with van der Waals surface area (Å²) in [6.45, 7) is 17.2. The molecule has 8 aromatic carbocycles. The SMILES string of the molecule is CC(=O)Cc1cccc(Nc2ncc3ccc4sc(C(=O)N5CCN(C(C)=O)CC5)nc4c3n2)c1.CC(=O)N1CCN(C(=O)c2nc3c(ccc4cnc(Nc5cccc(S(N)(=O)=O)c5)nc43)s2)CC1.CC(=O)N1CCN(C(=O)c2nc3ccc4cnc(Nc5cc(C)cc(C)c5)nc4c3s2)CC1.CN(C)Cc1nc2ccc3cnc(Nc4cccc(S(N)(=O)=O)c4)nc3c2s1. The number of hydrogen-bond acceptors (Lipinski definition) is 32. The zero-order valence-corrected chi connectivity index (χ0v) is 77.0. The summed E-state index contributed by atoms with van der Waals surface area (Å²) in [4.78, 5) is 153. The third-order valence-electron chi connectivity index (χ3n) is 21.5. The van der Waals surface area contributed by atoms with Gasteiger partial charge in [0, 0.05) is 181 Å². The number of carbonyl (C=O) groups excluding carboxylic acids is 7. The number of benzene rings is 8. The van der Waals surface area contributed by atoms with Crippen LogP contribution in [0.3, 0.4) is 0 Å². The molecule has 16 aromatic rings. The zero-order valence-electron chi connectivity index (χ0n) is 72.1. The normalized spacial score (nSPS) is 13.7. The van der Waals surface area contributed by atoms with E-state index in [-0.39, 0.29) is 57.0 Å². The number of sulfonamides is 2. The number of ketones is 1. The highest BCUT2D eigenvalue weighted by atomic mass is 32.2. The molecule has 3 fully saturated rings. The first-order valence-corrected chi connectivity index (χ1v) is 47.6. The van der Waals surface area contributed by atoms with Gasteiger partial charge >= 0.3 is 0 Å². The maximum absolute atomic E-state index is 13.1. The summed E-state index contributed by atoms with van der Waals surface area (Å²) in [5, 5.41) is 28.6. The highest BCUT2D eigenvalue weighted by molar-refractivity contribution is 7.89. The Bertz CT molecular complexity index is 7440. The number of hydrogen-bond donors (Lipinski definition) is 6. The van der Waals surface area contributed by atoms with Crippen LogP contribution in [0.15, 0.2) is 174 Å². The van der Waals surface area contributed by atoms with Gasteiger partial charge in [-0.1, -0.05) is 30.3 Å². The van der Waals surface area contributed by atoms with E-state index in [2.05, 4.69) is 113 Å². The van der Waals surface area contributed by atoms with Crippen molar-refractivity contribution in [3.63, 3.8) is 0 Å². The van der Waals surface area contributed by atoms with Crippen LogP contribution in [-0.2, 0) is 52.2 Å². The summed E-state index contributed by atoms with van der Waals surface area (Å²) in [5.41, 5.74) is 11.7. The Labute approximate surface area is 766 Å². The molecule has 36 nitrogen and oxygen atoms in total. The van der Waals surface area contributed by atoms with Crippen molar-refractivity contribution in [3.8, 4) is 0 Å². The van der Waals surface area contributed by atoms with Crippen LogP contribution in [-0.4, -0.2) is 245 Å². The Morgan fingerprint density at radius 1 is 0.374 bits per heavy atom. The average Bonchev–Trinajstić information content (AvgIpc) is 1.69. The summed E-state index contributed by atoms with van der Waals surface area (Å²) in [6.07, 6.45) is 7.25. The topological polar surface area (TPSA) is 465 Å². The van der Waals surface area contributed by atoms with E-state index in [1.54, 1.807) is 111 Å². The summed E-state index contributed by atoms with van der Waals surface area (Å²) >= 11 is 5.60. The molecule has 131 heavy (non-hydrogen) atoms. The highest BCUT2D eigenvalue weighted by Gasteiger charge is 2.31. The molecule has 3 saturated heterocycles. The standard InChI is InChI=1S/C25H24N6O3S.C24H24N6O2S.C22H21N7O4S2.C18H18N6O2S2/c1-15(32)12-17-4-3-5-19(13-17)27-25-26-14-18-6-7-20-22(21(18)29-25)28-23(35-20)24(34)31-10-8-30(9-11-31)16(2)33;1-14-10-15(2)12-18(11-14)26-24-25-13-17-4-5-19-21(20(17)28-24)33-22(27-19)23(32)30-8-6-29(7-9-30)16(3)31;1-13(30)28-7-9-29(10-8-28)21(31)20-26-19-17(34-20)6-5-14-12-24-22(27-18(14)19)25-15-3-2-4-16(11-15)35(23,32)33;1-24(2)10-15-22-14-7-6-11-9-20-18(23-16(11)17(14)27-15)21-12-4-3-5-13(8-12)28(19,25)26/h3-7,13-14H,8-12H2,1-2H3,(H,26,27,29);4-5,10-13H,6-9H2,1-3H3,(H,25,26,28);2-6,11-12H,7-10H2,1H3,(H2,23,32,33)(H,24,25,27);3-9H,10H2,1-2H3,(H2,19,25,26)(H,20,21,23). The fraction of sp³-hybridized carbons (Fsp3) is 0.247. The van der Waals surface area contributed by atoms with Gasteiger partial charge in [-0.25, -0.2) is 86.9 Å². The second kappa shape index (κ2) is 38.4. The van der Waals surface area contributed by atoms with Crippen LogP contribution in [0.5, 0.6) is 0 Å². The summed E-state index contributed by atoms with van der Waals surface area (Å²) in [6, 6.07) is 41.4. The molecule has 0 spiro atoms. The Morgan fingerprint density at radius 3 is 1.12 bits per heavy atom. The summed E-state index contributed by atoms with van der Waals surface area (Å²) in [7, 11) is -3.62. The minimum absolute atomic E-state index is 0.00373. The molecule has 670 valence electrons. The molecule has 0 unspecified atom stereocenters. The number of rotatable bonds is 17. The predicted octanol–water partition coefficient (Wildman–Crippen LogP) is 12.0. The Kier molecular flexibility index (Phi) is 26.6. The van der Waals surface area contributed by atoms with Gasteiger partial charge in [-0.15, -0.1) is 45.3 Å². The highest BCUT2D eigenvalue weighted by Crippen LogP contribution is 2.37. The van der Waals surface area contributed by atoms with E-state index in [0.717, 1.165) is 102 Å². The number of nitrogens with one attached hydrogen (secondary N) is 4. The third-order valence-corrected chi connectivity index (χ3v) is 27.4. The number of aromatic nitrogens is 12. The maximum atomic E-state index is 13.1. The molecule has 8 N–H and O–H groups in total. The quantitative estimate of drug-likeness (QED) is 0.0493. The molecule has 6 amide bonds. The van der Waals surface area contributed by atoms with Gasteiger partial charge in [-0.3, -0.25) is 33.6 Å². The van der Waals surface area contributed by atoms with Crippen LogP contribution < -0.4 is 31.5 Å². The van der Waals surface area contributed by atoms with Gasteiger partial charge in [0.2, 0.25) is 61.6 Å². The molecular formula is C89H87N25O11S6. The number of piperazine rings is 3. The number of fused-ring (bicyclic) bond motifs is 12. The van der Waals surface area contributed by atoms with Crippen molar-refractivity contribution < 1.29 is 50.4 Å². The smallest absolute Gasteiger partial charge is 0.282 e. The fourth-order valence-corrected chi connectivity index (χ4v) is 20.2. The van der Waals surface area contributed by atoms with E-state index in [1.165, 1.54) is 65.2 Å². The number of thiazole rings is 4. The number of nitrogens with two attached hydrogens (primary N) is 2. The van der Waals surface area contributed by atoms with Gasteiger partial charge in [0.15, 0.2) is 15.0 Å². The van der Waals surface area contributed by atoms with Gasteiger partial charge in [0.1, 0.15) is 32.9 Å². The van der Waals surface area contributed by atoms with Crippen molar-refractivity contribution in [1.82, 2.24) is 94.1 Å². The van der Waals surface area contributed by atoms with Gasteiger partial charge in [-0.05, 0) is 161 Å². The number of amides is 6. The maximum Gasteiger partial charge on any atom is 0.282 e. The number of anilines is 8. The minimum atomic E-state index is -3.85. The van der Waals surface area contributed by atoms with Crippen molar-refractivity contribution in [2.45, 2.75) is 64.3 Å². The van der Waals surface area contributed by atoms with E-state index in [4.69, 9.17) is 15.3 Å². The lowest BCUT2D eigenvalue weighted by Crippen LogP contribution is -2.50. The Balaban J connectivity index is 0.000000128. The number of Topliss-reactive ketones (excluding diaryl/α,β-unsaturated/α-hetero) is 1. The molecule has 8 aromatic heterocycles. The van der Waals surface area contributed by atoms with Crippen molar-refractivity contribution in [2.24, 2.45) is 10.3 Å². The predicted molar refractivity (Wildman–Crippen MR) is 508 cm³/mol. The summed E-state index contributed by atoms with van der Waals surface area (Å²) < 4.78 is 49.9. The minimum Gasteiger partial charge on any atom is -0.339 e. The van der Waals surface area contributed by atoms with Gasteiger partial charge in [0.25, 0.3) is 17.7 Å². The molecule has 0 aliphatic carbocycles. The van der Waals surface area contributed by atoms with Crippen LogP contribution in [0.1, 0.15) is 78.8 Å². The van der Waals surface area contributed by atoms with Crippen LogP contribution in [0.2, 0.25) is 0 Å². The van der Waals surface area contributed by atoms with Gasteiger partial charge in [-0.2, -0.15) is 0 Å². The van der Waals surface area contributed by atoms with Gasteiger partial charge in [0.05, 0.1) is 50.7 Å². The number of aryl methyl sites for hydroxylation is 2. The van der Waals surface area contributed by atoms with Crippen LogP contribution in [0, 0.1) is 13.8 Å². The van der Waals surface area contributed by atoms with E-state index < -0.39 is 20.0 Å². The monoisotopic (exact) mass is 1870 g/mol. The molecule has 0 radical (unpaired) electrons. The Morgan fingerprint density at radius 2 is 0.725 bits per heavy atom. The molecule has 0 saturated carbocycles. The van der Waals surface area contributed by atoms with Crippen molar-refractivity contribution >= 4 is 238 Å². The van der Waals surface area contributed by atoms with E-state index in [0.29, 0.717) is 151 Å². The van der Waals surface area contributed by atoms with Crippen LogP contribution in [0.4, 0.5) is 46.5 Å². The first-order valence-electron chi connectivity index (χ1n) is 41.3. The molecular weight excluding hydrogens is 1790 g/mol. The lowest BCUT2D eigenvalue weighted by Gasteiger charge is -2.33. The van der Waals surface area contributed by atoms with Crippen molar-refractivity contribution in [1.29, 1.82) is 0 Å². The second-order valence-electron chi connectivity index (χ2n) is 31.6. The largest absolute Gasteiger partial charge is 0.339 e. The van der Waals surface area contributed by atoms with E-state index in [1.807, 2.05) is 86.9 Å². The van der Waals surface area contributed by atoms with Gasteiger partial charge < -0.3 is 55.6 Å². The molecule has 19 rings (SSSR count). The fourth-order valence-electron chi connectivity index (χ4n) is 15.0. The molecule has 0 bridgehead atoms. The number of primary sulfonamides is 2. The first-order chi connectivity index (χ1) is 62.7. The summed E-state index contributed by atoms with van der Waals surface area (Å²) in [5.74, 6) is 1.30. The zero-order chi connectivity index (χ0) is 92.3. The van der Waals surface area contributed by atoms with E-state index >= 15 is 0 Å². The van der Waals surface area contributed by atoms with E-state index in [9.17, 15) is 50.4 Å². The van der Waals surface area contributed by atoms with Crippen molar-refractivity contribution in [2.75, 3.05) is 114 Å². The van der Waals surface area contributed by atoms with Crippen LogP contribution >= 0.6 is 45.3 Å². The molecule has 3 aliphatic rings. The van der Waals surface area contributed by atoms with Crippen molar-refractivity contribution in [3.05, 3.63) is 201 Å². The first kappa shape index (κ1) is 90.5. The second-order valence-corrected chi connectivity index (χ2v) is 38.8. The van der Waals surface area contributed by atoms with Crippen LogP contribution in [0.25, 0.3) is 84.5 Å². The molecule has 11 heterocycles. The molecule has 42 heteroatoms. The number of carbonyl (C=O) groups is 7. The lowest BCUT2D eigenvalue weighted by molar-refractivity contribution is -0.131. The number of nitrogens with zero attached hydrogens (tertiary/aromatic N) is 19. The average molecular weight is 1880 g/mol.